The van der Waals surface area contributed by atoms with Crippen molar-refractivity contribution in [3.05, 3.63) is 134 Å². The number of allylic oxidation sites excluding steroid dienone is 22. The van der Waals surface area contributed by atoms with Gasteiger partial charge in [0.25, 0.3) is 0 Å². The number of hydrogen-bond acceptors (Lipinski definition) is 8. The second-order valence-electron chi connectivity index (χ2n) is 20.9. The van der Waals surface area contributed by atoms with Gasteiger partial charge in [-0.25, -0.2) is 4.57 Å². The molecule has 0 amide bonds. The largest absolute Gasteiger partial charge is 0.472 e. The molecule has 0 bridgehead atoms. The van der Waals surface area contributed by atoms with Gasteiger partial charge in [-0.2, -0.15) is 0 Å². The number of nitrogens with two attached hydrogens (primary N) is 1. The van der Waals surface area contributed by atoms with Crippen LogP contribution in [0.25, 0.3) is 0 Å². The molecule has 0 saturated carbocycles. The van der Waals surface area contributed by atoms with Crippen molar-refractivity contribution >= 4 is 19.8 Å². The van der Waals surface area contributed by atoms with Crippen molar-refractivity contribution in [2.75, 3.05) is 26.4 Å². The fourth-order valence-electron chi connectivity index (χ4n) is 8.54. The molecular formula is C70H118NO8P. The third kappa shape index (κ3) is 63.3. The van der Waals surface area contributed by atoms with E-state index in [0.717, 1.165) is 116 Å². The minimum Gasteiger partial charge on any atom is -0.462 e. The lowest BCUT2D eigenvalue weighted by molar-refractivity contribution is -0.161. The van der Waals surface area contributed by atoms with E-state index in [2.05, 4.69) is 148 Å². The highest BCUT2D eigenvalue weighted by Crippen LogP contribution is 2.43. The van der Waals surface area contributed by atoms with Crippen LogP contribution >= 0.6 is 7.82 Å². The number of carbonyl (C=O) groups is 2. The SMILES string of the molecule is CC/C=C\C/C=C\C/C=C\C/C=C\C/C=C\C/C=C\C/C=C\C/C=C\C/C=C\CCCCCCCCCCCCCCCC(=O)OC(COC(=O)CCCCCCCCC/C=C\C/C=C\CCCCCC)COP(=O)(O)OCCN. The van der Waals surface area contributed by atoms with Crippen molar-refractivity contribution in [3.8, 4) is 0 Å². The van der Waals surface area contributed by atoms with Gasteiger partial charge in [-0.15, -0.1) is 0 Å². The molecule has 0 spiro atoms. The zero-order valence-corrected chi connectivity index (χ0v) is 51.9. The molecule has 0 aliphatic heterocycles. The van der Waals surface area contributed by atoms with Gasteiger partial charge < -0.3 is 20.1 Å². The zero-order valence-electron chi connectivity index (χ0n) is 51.0. The molecule has 0 heterocycles. The van der Waals surface area contributed by atoms with Crippen molar-refractivity contribution < 1.29 is 37.6 Å². The number of ether oxygens (including phenoxy) is 2. The minimum atomic E-state index is -4.40. The molecule has 9 nitrogen and oxygen atoms in total. The molecule has 0 radical (unpaired) electrons. The summed E-state index contributed by atoms with van der Waals surface area (Å²) in [4.78, 5) is 35.2. The van der Waals surface area contributed by atoms with Crippen LogP contribution in [0.3, 0.4) is 0 Å². The lowest BCUT2D eigenvalue weighted by atomic mass is 10.0. The van der Waals surface area contributed by atoms with Gasteiger partial charge in [0.1, 0.15) is 6.61 Å². The number of phosphoric acid groups is 1. The van der Waals surface area contributed by atoms with Crippen molar-refractivity contribution in [1.82, 2.24) is 0 Å². The lowest BCUT2D eigenvalue weighted by Gasteiger charge is -2.19. The predicted octanol–water partition coefficient (Wildman–Crippen LogP) is 20.9. The Kier molecular flexibility index (Phi) is 61.2. The topological polar surface area (TPSA) is 134 Å². The van der Waals surface area contributed by atoms with Crippen LogP contribution in [0.5, 0.6) is 0 Å². The van der Waals surface area contributed by atoms with Gasteiger partial charge >= 0.3 is 19.8 Å². The fourth-order valence-corrected chi connectivity index (χ4v) is 9.31. The monoisotopic (exact) mass is 1130 g/mol. The van der Waals surface area contributed by atoms with E-state index in [1.165, 1.54) is 116 Å². The van der Waals surface area contributed by atoms with E-state index in [9.17, 15) is 19.0 Å². The molecule has 2 unspecified atom stereocenters. The van der Waals surface area contributed by atoms with E-state index in [0.29, 0.717) is 6.42 Å². The number of unbranched alkanes of at least 4 members (excludes halogenated alkanes) is 24. The van der Waals surface area contributed by atoms with Crippen molar-refractivity contribution in [1.29, 1.82) is 0 Å². The van der Waals surface area contributed by atoms with Crippen LogP contribution in [0, 0.1) is 0 Å². The normalized spacial score (nSPS) is 13.9. The molecular weight excluding hydrogens is 1010 g/mol. The molecule has 2 atom stereocenters. The van der Waals surface area contributed by atoms with Crippen molar-refractivity contribution in [2.45, 2.75) is 270 Å². The van der Waals surface area contributed by atoms with Crippen LogP contribution in [0.2, 0.25) is 0 Å². The summed E-state index contributed by atoms with van der Waals surface area (Å²) in [5.41, 5.74) is 5.39. The Morgan fingerprint density at radius 1 is 0.388 bits per heavy atom. The maximum Gasteiger partial charge on any atom is 0.472 e. The third-order valence-corrected chi connectivity index (χ3v) is 14.3. The Balaban J connectivity index is 3.92. The van der Waals surface area contributed by atoms with Gasteiger partial charge in [-0.05, 0) is 116 Å². The average Bonchev–Trinajstić information content (AvgIpc) is 3.45. The maximum atomic E-state index is 12.7. The third-order valence-electron chi connectivity index (χ3n) is 13.3. The number of hydrogen-bond donors (Lipinski definition) is 2. The molecule has 0 fully saturated rings. The highest BCUT2D eigenvalue weighted by atomic mass is 31.2. The molecule has 10 heteroatoms. The molecule has 0 aromatic heterocycles. The van der Waals surface area contributed by atoms with Crippen LogP contribution in [0.15, 0.2) is 134 Å². The van der Waals surface area contributed by atoms with Gasteiger partial charge in [-0.1, -0.05) is 270 Å². The number of carbonyl (C=O) groups excluding carboxylic acids is 2. The van der Waals surface area contributed by atoms with E-state index >= 15 is 0 Å². The summed E-state index contributed by atoms with van der Waals surface area (Å²) >= 11 is 0. The molecule has 3 N–H and O–H groups in total. The molecule has 0 aromatic carbocycles. The van der Waals surface area contributed by atoms with E-state index in [1.54, 1.807) is 0 Å². The standard InChI is InChI=1S/C70H118NO8P/c1-3-5-7-9-11-13-15-17-19-21-23-24-25-26-27-28-29-30-31-32-33-34-35-36-37-38-39-40-41-42-43-44-45-47-49-51-53-55-57-59-61-63-70(73)79-68(67-78-80(74,75)77-65-64-71)66-76-69(72)62-60-58-56-54-52-50-48-46-22-20-18-16-14-12-10-8-6-4-2/h5,7,11,13-14,16-17,19-20,22-24,26-27,29-30,32-33,35-36,38-39,68H,3-4,6,8-10,12,15,18,21,25,28,31,34,37,40-67,71H2,1-2H3,(H,74,75)/b7-5-,13-11-,16-14-,19-17-,22-20-,24-23-,27-26-,30-29-,33-32-,36-35-,39-38-. The first kappa shape index (κ1) is 76.1. The van der Waals surface area contributed by atoms with Crippen molar-refractivity contribution in [3.63, 3.8) is 0 Å². The van der Waals surface area contributed by atoms with Gasteiger partial charge in [0.2, 0.25) is 0 Å². The Labute approximate surface area is 491 Å². The number of rotatable bonds is 59. The predicted molar refractivity (Wildman–Crippen MR) is 344 cm³/mol. The quantitative estimate of drug-likeness (QED) is 0.0264. The average molecular weight is 1130 g/mol. The summed E-state index contributed by atoms with van der Waals surface area (Å²) in [6.07, 6.45) is 90.9. The van der Waals surface area contributed by atoms with Crippen LogP contribution in [0.1, 0.15) is 264 Å². The molecule has 80 heavy (non-hydrogen) atoms. The van der Waals surface area contributed by atoms with E-state index in [4.69, 9.17) is 24.3 Å². The first-order chi connectivity index (χ1) is 39.3. The van der Waals surface area contributed by atoms with E-state index in [1.807, 2.05) is 0 Å². The molecule has 0 saturated heterocycles. The second kappa shape index (κ2) is 64.3. The van der Waals surface area contributed by atoms with Gasteiger partial charge in [-0.3, -0.25) is 18.6 Å². The molecule has 0 rings (SSSR count). The first-order valence-electron chi connectivity index (χ1n) is 32.2. The highest BCUT2D eigenvalue weighted by molar-refractivity contribution is 7.47. The zero-order chi connectivity index (χ0) is 58.0. The smallest absolute Gasteiger partial charge is 0.462 e. The minimum absolute atomic E-state index is 0.0472. The maximum absolute atomic E-state index is 12.7. The summed E-state index contributed by atoms with van der Waals surface area (Å²) in [6, 6.07) is 0. The summed E-state index contributed by atoms with van der Waals surface area (Å²) in [7, 11) is -4.40. The highest BCUT2D eigenvalue weighted by Gasteiger charge is 2.26. The lowest BCUT2D eigenvalue weighted by Crippen LogP contribution is -2.29. The molecule has 0 aromatic rings. The van der Waals surface area contributed by atoms with Gasteiger partial charge in [0.05, 0.1) is 13.2 Å². The summed E-state index contributed by atoms with van der Waals surface area (Å²) in [5.74, 6) is -0.840. The van der Waals surface area contributed by atoms with Crippen molar-refractivity contribution in [2.24, 2.45) is 5.73 Å². The Morgan fingerprint density at radius 2 is 0.688 bits per heavy atom. The van der Waals surface area contributed by atoms with Crippen LogP contribution in [0.4, 0.5) is 0 Å². The van der Waals surface area contributed by atoms with Crippen LogP contribution in [-0.4, -0.2) is 49.3 Å². The Morgan fingerprint density at radius 3 is 1.02 bits per heavy atom. The first-order valence-corrected chi connectivity index (χ1v) is 33.7. The fraction of sp³-hybridized carbons (Fsp3) is 0.657. The van der Waals surface area contributed by atoms with Gasteiger partial charge in [0.15, 0.2) is 6.10 Å². The summed E-state index contributed by atoms with van der Waals surface area (Å²) < 4.78 is 33.1. The Bertz CT molecular complexity index is 1770. The molecule has 0 aliphatic rings. The van der Waals surface area contributed by atoms with Gasteiger partial charge in [0, 0.05) is 19.4 Å². The van der Waals surface area contributed by atoms with E-state index < -0.39 is 32.5 Å². The van der Waals surface area contributed by atoms with Crippen LogP contribution in [-0.2, 0) is 32.7 Å². The second-order valence-corrected chi connectivity index (χ2v) is 22.3. The Hall–Kier alpha value is -3.85. The summed E-state index contributed by atoms with van der Waals surface area (Å²) in [5, 5.41) is 0. The van der Waals surface area contributed by atoms with Crippen LogP contribution < -0.4 is 5.73 Å². The molecule has 0 aliphatic carbocycles. The molecule has 456 valence electrons. The number of esters is 2. The number of phosphoric ester groups is 1. The summed E-state index contributed by atoms with van der Waals surface area (Å²) in [6.45, 7) is 3.60. The van der Waals surface area contributed by atoms with E-state index in [-0.39, 0.29) is 32.6 Å².